The molecule has 0 radical (unpaired) electrons. The lowest BCUT2D eigenvalue weighted by Gasteiger charge is -2.18. The Morgan fingerprint density at radius 2 is 1.85 bits per heavy atom. The largest absolute Gasteiger partial charge is 0.445 e. The van der Waals surface area contributed by atoms with Crippen LogP contribution in [0.1, 0.15) is 31.3 Å². The molecule has 0 spiro atoms. The van der Waals surface area contributed by atoms with E-state index in [0.717, 1.165) is 5.56 Å². The summed E-state index contributed by atoms with van der Waals surface area (Å²) in [5.74, 6) is 0.247. The van der Waals surface area contributed by atoms with Gasteiger partial charge in [0.2, 0.25) is 11.7 Å². The van der Waals surface area contributed by atoms with E-state index in [1.807, 2.05) is 44.2 Å². The van der Waals surface area contributed by atoms with Crippen molar-refractivity contribution in [2.24, 2.45) is 5.92 Å². The summed E-state index contributed by atoms with van der Waals surface area (Å²) < 4.78 is 23.6. The Hall–Kier alpha value is -3.22. The van der Waals surface area contributed by atoms with Crippen molar-refractivity contribution in [1.82, 2.24) is 15.5 Å². The van der Waals surface area contributed by atoms with Gasteiger partial charge in [-0.15, -0.1) is 0 Å². The predicted octanol–water partition coefficient (Wildman–Crippen LogP) is 4.50. The van der Waals surface area contributed by atoms with Gasteiger partial charge in [0.1, 0.15) is 18.5 Å². The van der Waals surface area contributed by atoms with Crippen LogP contribution >= 0.6 is 0 Å². The highest BCUT2D eigenvalue weighted by Gasteiger charge is 2.25. The monoisotopic (exact) mass is 369 g/mol. The quantitative estimate of drug-likeness (QED) is 0.692. The maximum absolute atomic E-state index is 13.1. The van der Waals surface area contributed by atoms with E-state index in [0.29, 0.717) is 11.4 Å². The molecule has 0 aliphatic carbocycles. The van der Waals surface area contributed by atoms with Crippen LogP contribution < -0.4 is 5.32 Å². The molecule has 0 fully saturated rings. The SMILES string of the molecule is CC(C)[C@H](NC(=O)OCc1ccccc1)c1nc(-c2ccc(F)cc2)no1. The summed E-state index contributed by atoms with van der Waals surface area (Å²) in [7, 11) is 0. The standard InChI is InChI=1S/C20H20FN3O3/c1-13(2)17(22-20(25)26-12-14-6-4-3-5-7-14)19-23-18(24-27-19)15-8-10-16(21)11-9-15/h3-11,13,17H,12H2,1-2H3,(H,22,25)/t17-/m0/s1. The molecular weight excluding hydrogens is 349 g/mol. The van der Waals surface area contributed by atoms with E-state index in [-0.39, 0.29) is 24.2 Å². The first kappa shape index (κ1) is 18.6. The van der Waals surface area contributed by atoms with Gasteiger partial charge < -0.3 is 14.6 Å². The van der Waals surface area contributed by atoms with Crippen LogP contribution in [0.4, 0.5) is 9.18 Å². The van der Waals surface area contributed by atoms with E-state index < -0.39 is 12.1 Å². The van der Waals surface area contributed by atoms with Gasteiger partial charge in [0.05, 0.1) is 0 Å². The number of ether oxygens (including phenoxy) is 1. The molecule has 27 heavy (non-hydrogen) atoms. The average Bonchev–Trinajstić information content (AvgIpc) is 3.15. The second-order valence-electron chi connectivity index (χ2n) is 6.39. The number of aromatic nitrogens is 2. The van der Waals surface area contributed by atoms with Crippen molar-refractivity contribution in [3.05, 3.63) is 71.9 Å². The number of alkyl carbamates (subject to hydrolysis) is 1. The number of nitrogens with one attached hydrogen (secondary N) is 1. The molecule has 3 aromatic rings. The smallest absolute Gasteiger partial charge is 0.408 e. The van der Waals surface area contributed by atoms with Crippen molar-refractivity contribution >= 4 is 6.09 Å². The van der Waals surface area contributed by atoms with Crippen LogP contribution in [0.25, 0.3) is 11.4 Å². The minimum Gasteiger partial charge on any atom is -0.445 e. The van der Waals surface area contributed by atoms with Crippen LogP contribution in [0.5, 0.6) is 0 Å². The number of carbonyl (C=O) groups is 1. The zero-order valence-electron chi connectivity index (χ0n) is 15.1. The third-order valence-electron chi connectivity index (χ3n) is 3.96. The Labute approximate surface area is 156 Å². The number of rotatable bonds is 6. The fourth-order valence-corrected chi connectivity index (χ4v) is 2.48. The molecule has 2 aromatic carbocycles. The molecule has 140 valence electrons. The number of amides is 1. The third kappa shape index (κ3) is 4.91. The first-order chi connectivity index (χ1) is 13.0. The highest BCUT2D eigenvalue weighted by atomic mass is 19.1. The van der Waals surface area contributed by atoms with Gasteiger partial charge in [0, 0.05) is 5.56 Å². The maximum atomic E-state index is 13.1. The predicted molar refractivity (Wildman–Crippen MR) is 97.0 cm³/mol. The summed E-state index contributed by atoms with van der Waals surface area (Å²) in [5.41, 5.74) is 1.52. The van der Waals surface area contributed by atoms with Gasteiger partial charge in [-0.3, -0.25) is 0 Å². The van der Waals surface area contributed by atoms with Gasteiger partial charge in [0.25, 0.3) is 0 Å². The first-order valence-corrected chi connectivity index (χ1v) is 8.59. The summed E-state index contributed by atoms with van der Waals surface area (Å²) in [6.07, 6.45) is -0.570. The zero-order chi connectivity index (χ0) is 19.2. The van der Waals surface area contributed by atoms with Crippen LogP contribution in [0, 0.1) is 11.7 Å². The van der Waals surface area contributed by atoms with E-state index in [1.54, 1.807) is 12.1 Å². The van der Waals surface area contributed by atoms with Crippen LogP contribution in [-0.2, 0) is 11.3 Å². The third-order valence-corrected chi connectivity index (χ3v) is 3.96. The zero-order valence-corrected chi connectivity index (χ0v) is 15.1. The molecule has 3 rings (SSSR count). The van der Waals surface area contributed by atoms with Crippen molar-refractivity contribution < 1.29 is 18.4 Å². The summed E-state index contributed by atoms with van der Waals surface area (Å²) in [4.78, 5) is 16.5. The van der Waals surface area contributed by atoms with Crippen molar-refractivity contribution in [2.45, 2.75) is 26.5 Å². The Kier molecular flexibility index (Phi) is 5.80. The summed E-state index contributed by atoms with van der Waals surface area (Å²) in [6.45, 7) is 4.01. The van der Waals surface area contributed by atoms with E-state index >= 15 is 0 Å². The molecule has 0 aliphatic heterocycles. The Morgan fingerprint density at radius 1 is 1.15 bits per heavy atom. The number of halogens is 1. The normalized spacial score (nSPS) is 12.0. The molecule has 1 amide bonds. The molecule has 0 aliphatic rings. The molecule has 0 unspecified atom stereocenters. The van der Waals surface area contributed by atoms with Gasteiger partial charge in [-0.2, -0.15) is 4.98 Å². The van der Waals surface area contributed by atoms with Gasteiger partial charge in [-0.25, -0.2) is 9.18 Å². The molecule has 0 saturated carbocycles. The summed E-state index contributed by atoms with van der Waals surface area (Å²) >= 11 is 0. The molecule has 7 heteroatoms. The number of hydrogen-bond acceptors (Lipinski definition) is 5. The van der Waals surface area contributed by atoms with Crippen LogP contribution in [0.2, 0.25) is 0 Å². The molecule has 6 nitrogen and oxygen atoms in total. The van der Waals surface area contributed by atoms with E-state index in [4.69, 9.17) is 9.26 Å². The molecule has 1 aromatic heterocycles. The summed E-state index contributed by atoms with van der Waals surface area (Å²) in [5, 5.41) is 6.68. The lowest BCUT2D eigenvalue weighted by atomic mass is 10.0. The molecule has 0 bridgehead atoms. The lowest BCUT2D eigenvalue weighted by Crippen LogP contribution is -2.32. The Balaban J connectivity index is 1.66. The highest BCUT2D eigenvalue weighted by Crippen LogP contribution is 2.24. The number of hydrogen-bond donors (Lipinski definition) is 1. The molecule has 1 atom stereocenters. The number of nitrogens with zero attached hydrogens (tertiary/aromatic N) is 2. The van der Waals surface area contributed by atoms with E-state index in [2.05, 4.69) is 15.5 Å². The second-order valence-corrected chi connectivity index (χ2v) is 6.39. The molecule has 1 N–H and O–H groups in total. The fraction of sp³-hybridized carbons (Fsp3) is 0.250. The molecule has 0 saturated heterocycles. The lowest BCUT2D eigenvalue weighted by molar-refractivity contribution is 0.129. The summed E-state index contributed by atoms with van der Waals surface area (Å²) in [6, 6.07) is 14.7. The number of carbonyl (C=O) groups excluding carboxylic acids is 1. The van der Waals surface area contributed by atoms with Gasteiger partial charge in [-0.05, 0) is 35.7 Å². The molecule has 1 heterocycles. The fourth-order valence-electron chi connectivity index (χ4n) is 2.48. The minimum atomic E-state index is -0.570. The Bertz CT molecular complexity index is 879. The first-order valence-electron chi connectivity index (χ1n) is 8.59. The van der Waals surface area contributed by atoms with Crippen molar-refractivity contribution in [3.8, 4) is 11.4 Å². The Morgan fingerprint density at radius 3 is 2.52 bits per heavy atom. The highest BCUT2D eigenvalue weighted by molar-refractivity contribution is 5.67. The molecular formula is C20H20FN3O3. The second kappa shape index (κ2) is 8.44. The van der Waals surface area contributed by atoms with E-state index in [9.17, 15) is 9.18 Å². The maximum Gasteiger partial charge on any atom is 0.408 e. The van der Waals surface area contributed by atoms with Crippen molar-refractivity contribution in [2.75, 3.05) is 0 Å². The van der Waals surface area contributed by atoms with E-state index in [1.165, 1.54) is 12.1 Å². The average molecular weight is 369 g/mol. The van der Waals surface area contributed by atoms with Crippen molar-refractivity contribution in [3.63, 3.8) is 0 Å². The van der Waals surface area contributed by atoms with Crippen LogP contribution in [0.3, 0.4) is 0 Å². The van der Waals surface area contributed by atoms with Gasteiger partial charge in [-0.1, -0.05) is 49.3 Å². The number of benzene rings is 2. The van der Waals surface area contributed by atoms with Crippen molar-refractivity contribution in [1.29, 1.82) is 0 Å². The topological polar surface area (TPSA) is 77.2 Å². The van der Waals surface area contributed by atoms with Gasteiger partial charge in [0.15, 0.2) is 0 Å². The minimum absolute atomic E-state index is 0.00390. The van der Waals surface area contributed by atoms with Gasteiger partial charge >= 0.3 is 6.09 Å². The van der Waals surface area contributed by atoms with Crippen LogP contribution in [-0.4, -0.2) is 16.2 Å². The van der Waals surface area contributed by atoms with Crippen LogP contribution in [0.15, 0.2) is 59.1 Å².